The Kier molecular flexibility index (Phi) is 3.55. The minimum atomic E-state index is -0.514. The van der Waals surface area contributed by atoms with Crippen molar-refractivity contribution in [1.29, 1.82) is 0 Å². The minimum Gasteiger partial charge on any atom is -0.396 e. The smallest absolute Gasteiger partial charge is 0.133 e. The summed E-state index contributed by atoms with van der Waals surface area (Å²) in [6.07, 6.45) is 1.65. The van der Waals surface area contributed by atoms with Crippen molar-refractivity contribution in [3.63, 3.8) is 0 Å². The summed E-state index contributed by atoms with van der Waals surface area (Å²) in [5.41, 5.74) is 6.84. The molecule has 2 aromatic rings. The van der Waals surface area contributed by atoms with Crippen molar-refractivity contribution in [3.8, 4) is 11.3 Å². The van der Waals surface area contributed by atoms with Gasteiger partial charge in [0.2, 0.25) is 0 Å². The van der Waals surface area contributed by atoms with Crippen molar-refractivity contribution in [2.24, 2.45) is 5.92 Å². The number of aryl methyl sites for hydroxylation is 1. The fraction of sp³-hybridized carbons (Fsp3) is 0.357. The Bertz CT molecular complexity index is 603. The highest BCUT2D eigenvalue weighted by atomic mass is 19.1. The summed E-state index contributed by atoms with van der Waals surface area (Å²) in [6, 6.07) is 2.30. The zero-order valence-corrected chi connectivity index (χ0v) is 11.2. The van der Waals surface area contributed by atoms with Crippen molar-refractivity contribution < 1.29 is 8.78 Å². The van der Waals surface area contributed by atoms with Gasteiger partial charge in [0.15, 0.2) is 0 Å². The molecule has 1 aromatic carbocycles. The maximum absolute atomic E-state index is 13.9. The first-order valence-corrected chi connectivity index (χ1v) is 6.17. The molecule has 5 heteroatoms. The lowest BCUT2D eigenvalue weighted by molar-refractivity contribution is 0.484. The van der Waals surface area contributed by atoms with Gasteiger partial charge < -0.3 is 5.73 Å². The van der Waals surface area contributed by atoms with Gasteiger partial charge in [-0.1, -0.05) is 13.8 Å². The van der Waals surface area contributed by atoms with Crippen LogP contribution in [0.5, 0.6) is 0 Å². The van der Waals surface area contributed by atoms with Gasteiger partial charge in [-0.15, -0.1) is 0 Å². The van der Waals surface area contributed by atoms with Crippen molar-refractivity contribution in [2.45, 2.75) is 27.3 Å². The number of anilines is 1. The Labute approximate surface area is 111 Å². The molecule has 0 saturated carbocycles. The Balaban J connectivity index is 2.47. The van der Waals surface area contributed by atoms with Crippen LogP contribution in [-0.4, -0.2) is 9.78 Å². The van der Waals surface area contributed by atoms with Gasteiger partial charge in [0.25, 0.3) is 0 Å². The van der Waals surface area contributed by atoms with E-state index in [1.165, 1.54) is 6.92 Å². The first kappa shape index (κ1) is 13.5. The monoisotopic (exact) mass is 265 g/mol. The van der Waals surface area contributed by atoms with E-state index in [0.717, 1.165) is 12.1 Å². The van der Waals surface area contributed by atoms with E-state index in [1.54, 1.807) is 10.9 Å². The molecule has 0 aliphatic heterocycles. The fourth-order valence-electron chi connectivity index (χ4n) is 1.94. The predicted octanol–water partition coefficient (Wildman–Crippen LogP) is 3.37. The molecule has 0 fully saturated rings. The number of benzene rings is 1. The van der Waals surface area contributed by atoms with Crippen LogP contribution in [0.3, 0.4) is 0 Å². The lowest BCUT2D eigenvalue weighted by atomic mass is 10.1. The largest absolute Gasteiger partial charge is 0.396 e. The molecule has 0 aliphatic rings. The highest BCUT2D eigenvalue weighted by Crippen LogP contribution is 2.28. The zero-order chi connectivity index (χ0) is 14.2. The van der Waals surface area contributed by atoms with E-state index < -0.39 is 11.6 Å². The number of rotatable bonds is 3. The molecule has 0 bridgehead atoms. The molecule has 0 amide bonds. The Morgan fingerprint density at radius 3 is 2.58 bits per heavy atom. The number of halogens is 2. The van der Waals surface area contributed by atoms with E-state index in [1.807, 2.05) is 13.8 Å². The molecule has 0 unspecified atom stereocenters. The first-order valence-electron chi connectivity index (χ1n) is 6.17. The molecular weight excluding hydrogens is 248 g/mol. The quantitative estimate of drug-likeness (QED) is 0.924. The van der Waals surface area contributed by atoms with E-state index in [-0.39, 0.29) is 16.8 Å². The normalized spacial score (nSPS) is 11.3. The van der Waals surface area contributed by atoms with Crippen LogP contribution in [0.15, 0.2) is 18.3 Å². The van der Waals surface area contributed by atoms with Gasteiger partial charge >= 0.3 is 0 Å². The molecule has 0 radical (unpaired) electrons. The number of nitrogens with two attached hydrogens (primary N) is 1. The van der Waals surface area contributed by atoms with Crippen LogP contribution in [-0.2, 0) is 6.54 Å². The van der Waals surface area contributed by atoms with Crippen molar-refractivity contribution in [2.75, 3.05) is 5.73 Å². The maximum atomic E-state index is 13.9. The molecule has 19 heavy (non-hydrogen) atoms. The third-order valence-corrected chi connectivity index (χ3v) is 2.85. The molecule has 2 rings (SSSR count). The number of aromatic nitrogens is 2. The van der Waals surface area contributed by atoms with Gasteiger partial charge in [0, 0.05) is 18.3 Å². The van der Waals surface area contributed by atoms with E-state index >= 15 is 0 Å². The summed E-state index contributed by atoms with van der Waals surface area (Å²) < 4.78 is 29.1. The summed E-state index contributed by atoms with van der Waals surface area (Å²) in [5.74, 6) is -0.582. The molecule has 1 heterocycles. The van der Waals surface area contributed by atoms with Crippen LogP contribution in [0.4, 0.5) is 14.5 Å². The second-order valence-corrected chi connectivity index (χ2v) is 5.13. The van der Waals surface area contributed by atoms with Gasteiger partial charge in [-0.3, -0.25) is 4.68 Å². The third-order valence-electron chi connectivity index (χ3n) is 2.85. The topological polar surface area (TPSA) is 43.8 Å². The van der Waals surface area contributed by atoms with Crippen LogP contribution < -0.4 is 5.73 Å². The van der Waals surface area contributed by atoms with Gasteiger partial charge in [0.05, 0.1) is 5.69 Å². The van der Waals surface area contributed by atoms with Gasteiger partial charge in [-0.25, -0.2) is 8.78 Å². The van der Waals surface area contributed by atoms with Gasteiger partial charge in [-0.2, -0.15) is 5.10 Å². The molecule has 0 spiro atoms. The number of hydrogen-bond acceptors (Lipinski definition) is 2. The van der Waals surface area contributed by atoms with Gasteiger partial charge in [-0.05, 0) is 30.5 Å². The maximum Gasteiger partial charge on any atom is 0.133 e. The van der Waals surface area contributed by atoms with Crippen molar-refractivity contribution in [1.82, 2.24) is 9.78 Å². The van der Waals surface area contributed by atoms with Crippen molar-refractivity contribution >= 4 is 5.69 Å². The minimum absolute atomic E-state index is 0.100. The average molecular weight is 265 g/mol. The molecule has 2 N–H and O–H groups in total. The molecule has 0 atom stereocenters. The van der Waals surface area contributed by atoms with Crippen LogP contribution in [0, 0.1) is 24.5 Å². The van der Waals surface area contributed by atoms with Gasteiger partial charge in [0.1, 0.15) is 17.3 Å². The average Bonchev–Trinajstić information content (AvgIpc) is 2.63. The highest BCUT2D eigenvalue weighted by Gasteiger charge is 2.15. The van der Waals surface area contributed by atoms with E-state index in [2.05, 4.69) is 5.10 Å². The molecule has 3 nitrogen and oxygen atoms in total. The number of hydrogen-bond donors (Lipinski definition) is 1. The summed E-state index contributed by atoms with van der Waals surface area (Å²) in [6.45, 7) is 6.29. The highest BCUT2D eigenvalue weighted by molar-refractivity contribution is 5.72. The van der Waals surface area contributed by atoms with Crippen LogP contribution in [0.2, 0.25) is 0 Å². The van der Waals surface area contributed by atoms with Crippen LogP contribution in [0.1, 0.15) is 19.4 Å². The second kappa shape index (κ2) is 4.99. The second-order valence-electron chi connectivity index (χ2n) is 5.13. The SMILES string of the molecule is Cc1cc(F)c(-c2nn(CC(C)C)cc2N)cc1F. The van der Waals surface area contributed by atoms with Crippen molar-refractivity contribution in [3.05, 3.63) is 35.5 Å². The summed E-state index contributed by atoms with van der Waals surface area (Å²) in [5, 5.41) is 4.24. The van der Waals surface area contributed by atoms with Crippen LogP contribution in [0.25, 0.3) is 11.3 Å². The fourth-order valence-corrected chi connectivity index (χ4v) is 1.94. The standard InChI is InChI=1S/C14H17F2N3/c1-8(2)6-19-7-13(17)14(18-19)10-5-11(15)9(3)4-12(10)16/h4-5,7-8H,6,17H2,1-3H3. The van der Waals surface area contributed by atoms with E-state index in [4.69, 9.17) is 5.73 Å². The Hall–Kier alpha value is -1.91. The van der Waals surface area contributed by atoms with E-state index in [9.17, 15) is 8.78 Å². The van der Waals surface area contributed by atoms with Crippen LogP contribution >= 0.6 is 0 Å². The first-order chi connectivity index (χ1) is 8.88. The third kappa shape index (κ3) is 2.75. The number of nitrogens with zero attached hydrogens (tertiary/aromatic N) is 2. The molecule has 0 aliphatic carbocycles. The summed E-state index contributed by atoms with van der Waals surface area (Å²) in [7, 11) is 0. The molecular formula is C14H17F2N3. The molecule has 0 saturated heterocycles. The lowest BCUT2D eigenvalue weighted by Crippen LogP contribution is -2.04. The predicted molar refractivity (Wildman–Crippen MR) is 71.6 cm³/mol. The Morgan fingerprint density at radius 2 is 1.95 bits per heavy atom. The zero-order valence-electron chi connectivity index (χ0n) is 11.2. The summed E-state index contributed by atoms with van der Waals surface area (Å²) >= 11 is 0. The number of nitrogen functional groups attached to an aromatic ring is 1. The molecule has 1 aromatic heterocycles. The van der Waals surface area contributed by atoms with E-state index in [0.29, 0.717) is 18.2 Å². The lowest BCUT2D eigenvalue weighted by Gasteiger charge is -2.05. The summed E-state index contributed by atoms with van der Waals surface area (Å²) in [4.78, 5) is 0. The Morgan fingerprint density at radius 1 is 1.26 bits per heavy atom. The molecule has 102 valence electrons.